The zero-order chi connectivity index (χ0) is 25.6. The Kier molecular flexibility index (Phi) is 8.85. The van der Waals surface area contributed by atoms with Crippen LogP contribution in [0.2, 0.25) is 0 Å². The van der Waals surface area contributed by atoms with Crippen molar-refractivity contribution in [1.29, 1.82) is 5.26 Å². The molecular formula is C28H38FN5O. The second-order valence-electron chi connectivity index (χ2n) is 10.2. The first-order valence-electron chi connectivity index (χ1n) is 12.6. The minimum Gasteiger partial charge on any atom is -0.315 e. The number of aromatic nitrogens is 1. The fraction of sp³-hybridized carbons (Fsp3) is 0.536. The van der Waals surface area contributed by atoms with Gasteiger partial charge in [-0.2, -0.15) is 5.26 Å². The van der Waals surface area contributed by atoms with Crippen molar-refractivity contribution in [3.63, 3.8) is 0 Å². The van der Waals surface area contributed by atoms with Crippen molar-refractivity contribution in [2.45, 2.75) is 58.4 Å². The first kappa shape index (κ1) is 26.6. The number of amides is 2. The van der Waals surface area contributed by atoms with E-state index in [1.807, 2.05) is 32.0 Å². The molecule has 1 aliphatic carbocycles. The van der Waals surface area contributed by atoms with Gasteiger partial charge in [-0.05, 0) is 81.9 Å². The van der Waals surface area contributed by atoms with Crippen LogP contribution in [0.1, 0.15) is 56.4 Å². The molecule has 1 saturated heterocycles. The van der Waals surface area contributed by atoms with Crippen LogP contribution in [0.25, 0.3) is 0 Å². The van der Waals surface area contributed by atoms with Gasteiger partial charge in [-0.15, -0.1) is 0 Å². The Morgan fingerprint density at radius 2 is 1.97 bits per heavy atom. The number of aryl methyl sites for hydroxylation is 2. The van der Waals surface area contributed by atoms with Crippen molar-refractivity contribution in [3.05, 3.63) is 59.2 Å². The molecule has 0 spiro atoms. The molecule has 188 valence electrons. The van der Waals surface area contributed by atoms with E-state index in [0.717, 1.165) is 49.2 Å². The normalized spacial score (nSPS) is 19.5. The highest BCUT2D eigenvalue weighted by Gasteiger charge is 2.51. The van der Waals surface area contributed by atoms with E-state index >= 15 is 0 Å². The van der Waals surface area contributed by atoms with Gasteiger partial charge < -0.3 is 9.80 Å². The highest BCUT2D eigenvalue weighted by molar-refractivity contribution is 5.96. The van der Waals surface area contributed by atoms with Crippen molar-refractivity contribution in [2.75, 3.05) is 38.6 Å². The number of rotatable bonds is 8. The summed E-state index contributed by atoms with van der Waals surface area (Å²) in [5.74, 6) is 0.317. The maximum atomic E-state index is 13.8. The molecule has 1 atom stereocenters. The highest BCUT2D eigenvalue weighted by Crippen LogP contribution is 2.40. The van der Waals surface area contributed by atoms with Gasteiger partial charge in [0, 0.05) is 13.1 Å². The lowest BCUT2D eigenvalue weighted by Crippen LogP contribution is -2.54. The average Bonchev–Trinajstić information content (AvgIpc) is 3.59. The molecule has 0 unspecified atom stereocenters. The quantitative estimate of drug-likeness (QED) is 0.508. The summed E-state index contributed by atoms with van der Waals surface area (Å²) in [7, 11) is 4.06. The van der Waals surface area contributed by atoms with E-state index in [-0.39, 0.29) is 11.8 Å². The number of benzene rings is 1. The van der Waals surface area contributed by atoms with Crippen molar-refractivity contribution in [3.8, 4) is 6.07 Å². The number of carbonyl (C=O) groups excluding carboxylic acids is 1. The third-order valence-electron chi connectivity index (χ3n) is 6.49. The van der Waals surface area contributed by atoms with Crippen molar-refractivity contribution in [1.82, 2.24) is 14.8 Å². The van der Waals surface area contributed by atoms with E-state index in [9.17, 15) is 9.18 Å². The van der Waals surface area contributed by atoms with Crippen molar-refractivity contribution >= 4 is 11.7 Å². The third-order valence-corrected chi connectivity index (χ3v) is 6.49. The zero-order valence-corrected chi connectivity index (χ0v) is 21.7. The molecule has 0 N–H and O–H groups in total. The van der Waals surface area contributed by atoms with Crippen LogP contribution in [0.15, 0.2) is 36.5 Å². The molecule has 2 heterocycles. The Hall–Kier alpha value is -2.98. The molecule has 7 heteroatoms. The van der Waals surface area contributed by atoms with Crippen LogP contribution in [0, 0.1) is 30.0 Å². The van der Waals surface area contributed by atoms with Gasteiger partial charge in [0.2, 0.25) is 0 Å². The Labute approximate surface area is 209 Å². The minimum absolute atomic E-state index is 0.00685. The number of hydrogen-bond donors (Lipinski definition) is 0. The molecule has 1 aromatic heterocycles. The van der Waals surface area contributed by atoms with Gasteiger partial charge in [0.15, 0.2) is 0 Å². The standard InChI is InChI=1S/C25H30FN5O.C3H8/c1-18-11-22(13-27)28-14-23(18)30-17-25(16-29(2)3,31(24(30)32)15-20-7-8-20)10-9-19-5-4-6-21(26)12-19;1-3-2/h4-6,11-12,14,20H,7-10,15-17H2,1-3H3;3H2,1-2H3/t25-;/m0./s1. The maximum Gasteiger partial charge on any atom is 0.325 e. The van der Waals surface area contributed by atoms with Gasteiger partial charge in [-0.25, -0.2) is 14.2 Å². The van der Waals surface area contributed by atoms with Crippen LogP contribution < -0.4 is 4.90 Å². The first-order chi connectivity index (χ1) is 16.7. The summed E-state index contributed by atoms with van der Waals surface area (Å²) in [5, 5.41) is 9.16. The fourth-order valence-electron chi connectivity index (χ4n) is 4.79. The Balaban J connectivity index is 0.00000108. The topological polar surface area (TPSA) is 63.5 Å². The molecule has 2 amide bonds. The predicted molar refractivity (Wildman–Crippen MR) is 138 cm³/mol. The SMILES string of the molecule is CCC.Cc1cc(C#N)ncc1N1C[C@](CCc2cccc(F)c2)(CN(C)C)N(CC2CC2)C1=O. The largest absolute Gasteiger partial charge is 0.325 e. The summed E-state index contributed by atoms with van der Waals surface area (Å²) in [5.41, 5.74) is 2.51. The predicted octanol–water partition coefficient (Wildman–Crippen LogP) is 5.40. The number of carbonyl (C=O) groups is 1. The van der Waals surface area contributed by atoms with Gasteiger partial charge in [0.1, 0.15) is 17.6 Å². The molecule has 0 radical (unpaired) electrons. The number of pyridine rings is 1. The van der Waals surface area contributed by atoms with Gasteiger partial charge in [0.05, 0.1) is 24.0 Å². The summed E-state index contributed by atoms with van der Waals surface area (Å²) in [6.45, 7) is 8.17. The number of anilines is 1. The Bertz CT molecular complexity index is 1060. The number of likely N-dealkylation sites (N-methyl/N-ethyl adjacent to an activating group) is 1. The van der Waals surface area contributed by atoms with E-state index in [2.05, 4.69) is 34.7 Å². The van der Waals surface area contributed by atoms with Gasteiger partial charge in [0.25, 0.3) is 0 Å². The number of hydrogen-bond acceptors (Lipinski definition) is 4. The van der Waals surface area contributed by atoms with Gasteiger partial charge >= 0.3 is 6.03 Å². The molecule has 2 fully saturated rings. The minimum atomic E-state index is -0.393. The lowest BCUT2D eigenvalue weighted by molar-refractivity contribution is 0.114. The van der Waals surface area contributed by atoms with Crippen LogP contribution >= 0.6 is 0 Å². The molecule has 1 saturated carbocycles. The summed E-state index contributed by atoms with van der Waals surface area (Å²) < 4.78 is 13.8. The second kappa shape index (κ2) is 11.6. The average molecular weight is 480 g/mol. The van der Waals surface area contributed by atoms with E-state index < -0.39 is 5.54 Å². The lowest BCUT2D eigenvalue weighted by atomic mass is 9.89. The molecular weight excluding hydrogens is 441 g/mol. The number of nitriles is 1. The number of nitrogens with zero attached hydrogens (tertiary/aromatic N) is 5. The highest BCUT2D eigenvalue weighted by atomic mass is 19.1. The van der Waals surface area contributed by atoms with Crippen LogP contribution in [0.4, 0.5) is 14.9 Å². The summed E-state index contributed by atoms with van der Waals surface area (Å²) in [4.78, 5) is 23.9. The van der Waals surface area contributed by atoms with E-state index in [0.29, 0.717) is 24.6 Å². The fourth-order valence-corrected chi connectivity index (χ4v) is 4.79. The second-order valence-corrected chi connectivity index (χ2v) is 10.2. The van der Waals surface area contributed by atoms with Crippen molar-refractivity contribution < 1.29 is 9.18 Å². The van der Waals surface area contributed by atoms with Gasteiger partial charge in [-0.1, -0.05) is 32.4 Å². The molecule has 6 nitrogen and oxygen atoms in total. The number of urea groups is 1. The van der Waals surface area contributed by atoms with Crippen LogP contribution in [-0.2, 0) is 6.42 Å². The Morgan fingerprint density at radius 3 is 2.54 bits per heavy atom. The molecule has 2 aliphatic rings. The summed E-state index contributed by atoms with van der Waals surface area (Å²) in [6, 6.07) is 10.5. The van der Waals surface area contributed by atoms with E-state index in [4.69, 9.17) is 5.26 Å². The number of halogens is 1. The summed E-state index contributed by atoms with van der Waals surface area (Å²) in [6.07, 6.45) is 6.64. The molecule has 1 aromatic carbocycles. The van der Waals surface area contributed by atoms with E-state index in [1.165, 1.54) is 12.5 Å². The monoisotopic (exact) mass is 479 g/mol. The maximum absolute atomic E-state index is 13.8. The zero-order valence-electron chi connectivity index (χ0n) is 21.7. The first-order valence-corrected chi connectivity index (χ1v) is 12.6. The van der Waals surface area contributed by atoms with Crippen LogP contribution in [-0.4, -0.2) is 60.1 Å². The summed E-state index contributed by atoms with van der Waals surface area (Å²) >= 11 is 0. The molecule has 35 heavy (non-hydrogen) atoms. The van der Waals surface area contributed by atoms with E-state index in [1.54, 1.807) is 24.4 Å². The third kappa shape index (κ3) is 6.58. The van der Waals surface area contributed by atoms with Gasteiger partial charge in [-0.3, -0.25) is 4.90 Å². The smallest absolute Gasteiger partial charge is 0.315 e. The Morgan fingerprint density at radius 1 is 1.26 bits per heavy atom. The molecule has 2 aromatic rings. The molecule has 4 rings (SSSR count). The van der Waals surface area contributed by atoms with Crippen molar-refractivity contribution in [2.24, 2.45) is 5.92 Å². The van der Waals surface area contributed by atoms with Crippen LogP contribution in [0.3, 0.4) is 0 Å². The van der Waals surface area contributed by atoms with Crippen LogP contribution in [0.5, 0.6) is 0 Å². The molecule has 1 aliphatic heterocycles. The lowest BCUT2D eigenvalue weighted by Gasteiger charge is -2.39. The molecule has 0 bridgehead atoms.